The zero-order valence-electron chi connectivity index (χ0n) is 6.49. The average Bonchev–Trinajstić information content (AvgIpc) is 2.33. The predicted octanol–water partition coefficient (Wildman–Crippen LogP) is -3.13. The number of carboxylic acid groups (broad SMARTS) is 1. The minimum Gasteiger partial charge on any atom is -0.479 e. The van der Waals surface area contributed by atoms with Crippen LogP contribution in [0.1, 0.15) is 0 Å². The summed E-state index contributed by atoms with van der Waals surface area (Å²) in [7, 11) is 0. The maximum atomic E-state index is 10.3. The fourth-order valence-electron chi connectivity index (χ4n) is 1.09. The molecule has 0 aromatic rings. The van der Waals surface area contributed by atoms with Crippen molar-refractivity contribution in [3.63, 3.8) is 0 Å². The van der Waals surface area contributed by atoms with Crippen LogP contribution in [0.4, 0.5) is 0 Å². The number of hydrogen-bond acceptors (Lipinski definition) is 6. The maximum Gasteiger partial charge on any atom is 0.338 e. The van der Waals surface area contributed by atoms with E-state index >= 15 is 0 Å². The highest BCUT2D eigenvalue weighted by atomic mass is 16.7. The molecule has 1 rings (SSSR count). The highest BCUT2D eigenvalue weighted by molar-refractivity contribution is 5.73. The van der Waals surface area contributed by atoms with E-state index in [1.807, 2.05) is 0 Å². The van der Waals surface area contributed by atoms with E-state index < -0.39 is 36.7 Å². The molecule has 13 heavy (non-hydrogen) atoms. The molecule has 0 aliphatic carbocycles. The molecular weight excluding hydrogens is 184 g/mol. The van der Waals surface area contributed by atoms with Gasteiger partial charge in [-0.15, -0.1) is 0 Å². The first-order valence-electron chi connectivity index (χ1n) is 3.53. The highest BCUT2D eigenvalue weighted by Gasteiger charge is 2.55. The summed E-state index contributed by atoms with van der Waals surface area (Å²) in [4.78, 5) is 10.3. The van der Waals surface area contributed by atoms with Gasteiger partial charge in [0.1, 0.15) is 12.2 Å². The lowest BCUT2D eigenvalue weighted by atomic mass is 10.0. The van der Waals surface area contributed by atoms with Crippen LogP contribution in [0, 0.1) is 0 Å². The third kappa shape index (κ3) is 1.52. The summed E-state index contributed by atoms with van der Waals surface area (Å²) in [5, 5.41) is 44.6. The second kappa shape index (κ2) is 3.20. The molecule has 0 saturated carbocycles. The van der Waals surface area contributed by atoms with Crippen LogP contribution in [0.25, 0.3) is 0 Å². The average molecular weight is 194 g/mol. The standard InChI is InChI=1S/C6H10O7/c7-2-1-13-6(12,3(2)8)4(9)5(10)11/h2-4,7-9,12H,1H2,(H,10,11)/t2-,3-,4-,6-/m0/s1. The van der Waals surface area contributed by atoms with Gasteiger partial charge in [0, 0.05) is 0 Å². The Bertz CT molecular complexity index is 217. The van der Waals surface area contributed by atoms with Gasteiger partial charge in [-0.2, -0.15) is 0 Å². The second-order valence-electron chi connectivity index (χ2n) is 2.82. The number of hydrogen-bond donors (Lipinski definition) is 5. The van der Waals surface area contributed by atoms with E-state index in [9.17, 15) is 9.90 Å². The van der Waals surface area contributed by atoms with Crippen molar-refractivity contribution in [2.45, 2.75) is 24.1 Å². The van der Waals surface area contributed by atoms with Crippen LogP contribution in [0.15, 0.2) is 0 Å². The van der Waals surface area contributed by atoms with Crippen molar-refractivity contribution in [2.24, 2.45) is 0 Å². The van der Waals surface area contributed by atoms with E-state index in [1.54, 1.807) is 0 Å². The van der Waals surface area contributed by atoms with Gasteiger partial charge in [-0.3, -0.25) is 0 Å². The van der Waals surface area contributed by atoms with Gasteiger partial charge >= 0.3 is 5.97 Å². The lowest BCUT2D eigenvalue weighted by molar-refractivity contribution is -0.265. The number of aliphatic carboxylic acids is 1. The minimum absolute atomic E-state index is 0.429. The Kier molecular flexibility index (Phi) is 2.55. The summed E-state index contributed by atoms with van der Waals surface area (Å²) in [6.07, 6.45) is -5.53. The molecular formula is C6H10O7. The van der Waals surface area contributed by atoms with Gasteiger partial charge in [0.05, 0.1) is 6.61 Å². The lowest BCUT2D eigenvalue weighted by Crippen LogP contribution is -2.55. The molecule has 0 aromatic heterocycles. The fourth-order valence-corrected chi connectivity index (χ4v) is 1.09. The molecule has 1 aliphatic rings. The van der Waals surface area contributed by atoms with E-state index in [1.165, 1.54) is 0 Å². The Hall–Kier alpha value is -0.730. The quantitative estimate of drug-likeness (QED) is 0.314. The molecule has 0 bridgehead atoms. The van der Waals surface area contributed by atoms with Gasteiger partial charge in [0.2, 0.25) is 11.9 Å². The number of aliphatic hydroxyl groups is 4. The molecule has 0 radical (unpaired) electrons. The van der Waals surface area contributed by atoms with Crippen molar-refractivity contribution in [2.75, 3.05) is 6.61 Å². The van der Waals surface area contributed by atoms with Crippen LogP contribution in [0.2, 0.25) is 0 Å². The molecule has 0 spiro atoms. The van der Waals surface area contributed by atoms with E-state index in [4.69, 9.17) is 20.4 Å². The lowest BCUT2D eigenvalue weighted by Gasteiger charge is -2.27. The van der Waals surface area contributed by atoms with Crippen LogP contribution in [0.3, 0.4) is 0 Å². The Morgan fingerprint density at radius 3 is 2.38 bits per heavy atom. The first-order valence-corrected chi connectivity index (χ1v) is 3.53. The van der Waals surface area contributed by atoms with Crippen molar-refractivity contribution >= 4 is 5.97 Å². The molecule has 76 valence electrons. The van der Waals surface area contributed by atoms with Crippen LogP contribution in [-0.4, -0.2) is 62.2 Å². The van der Waals surface area contributed by atoms with Crippen molar-refractivity contribution in [1.29, 1.82) is 0 Å². The smallest absolute Gasteiger partial charge is 0.338 e. The Balaban J connectivity index is 2.82. The zero-order chi connectivity index (χ0) is 10.2. The second-order valence-corrected chi connectivity index (χ2v) is 2.82. The molecule has 1 fully saturated rings. The molecule has 7 nitrogen and oxygen atoms in total. The summed E-state index contributed by atoms with van der Waals surface area (Å²) >= 11 is 0. The number of rotatable bonds is 2. The Labute approximate surface area is 72.8 Å². The first kappa shape index (κ1) is 10.4. The third-order valence-corrected chi connectivity index (χ3v) is 1.90. The largest absolute Gasteiger partial charge is 0.479 e. The number of aliphatic hydroxyl groups excluding tert-OH is 3. The van der Waals surface area contributed by atoms with Crippen LogP contribution in [-0.2, 0) is 9.53 Å². The monoisotopic (exact) mass is 194 g/mol. The molecule has 4 atom stereocenters. The number of ether oxygens (including phenoxy) is 1. The first-order chi connectivity index (χ1) is 5.89. The molecule has 5 N–H and O–H groups in total. The predicted molar refractivity (Wildman–Crippen MR) is 36.6 cm³/mol. The van der Waals surface area contributed by atoms with Crippen molar-refractivity contribution in [3.8, 4) is 0 Å². The van der Waals surface area contributed by atoms with Gasteiger partial charge in [-0.25, -0.2) is 4.79 Å². The van der Waals surface area contributed by atoms with Gasteiger partial charge in [0.25, 0.3) is 0 Å². The van der Waals surface area contributed by atoms with Crippen molar-refractivity contribution in [3.05, 3.63) is 0 Å². The normalized spacial score (nSPS) is 41.8. The van der Waals surface area contributed by atoms with Gasteiger partial charge in [0.15, 0.2) is 0 Å². The summed E-state index contributed by atoms with van der Waals surface area (Å²) in [5.74, 6) is -4.37. The molecule has 0 aromatic carbocycles. The third-order valence-electron chi connectivity index (χ3n) is 1.90. The van der Waals surface area contributed by atoms with Crippen LogP contribution >= 0.6 is 0 Å². The fraction of sp³-hybridized carbons (Fsp3) is 0.833. The zero-order valence-corrected chi connectivity index (χ0v) is 6.49. The van der Waals surface area contributed by atoms with Crippen molar-refractivity contribution < 1.29 is 35.1 Å². The maximum absolute atomic E-state index is 10.3. The summed E-state index contributed by atoms with van der Waals surface area (Å²) in [6, 6.07) is 0. The highest BCUT2D eigenvalue weighted by Crippen LogP contribution is 2.27. The Morgan fingerprint density at radius 1 is 1.54 bits per heavy atom. The number of carboxylic acids is 1. The topological polar surface area (TPSA) is 127 Å². The van der Waals surface area contributed by atoms with Gasteiger partial charge < -0.3 is 30.3 Å². The number of carbonyl (C=O) groups is 1. The van der Waals surface area contributed by atoms with Crippen LogP contribution in [0.5, 0.6) is 0 Å². The molecule has 0 amide bonds. The summed E-state index contributed by atoms with van der Waals surface area (Å²) in [5.41, 5.74) is 0. The van der Waals surface area contributed by atoms with Gasteiger partial charge in [-0.05, 0) is 0 Å². The van der Waals surface area contributed by atoms with Crippen LogP contribution < -0.4 is 0 Å². The molecule has 0 unspecified atom stereocenters. The van der Waals surface area contributed by atoms with E-state index in [0.717, 1.165) is 0 Å². The molecule has 7 heteroatoms. The minimum atomic E-state index is -2.63. The molecule has 1 heterocycles. The molecule has 1 saturated heterocycles. The SMILES string of the molecule is O=C(O)[C@H](O)[C@@]1(O)OC[C@H](O)[C@@H]1O. The van der Waals surface area contributed by atoms with E-state index in [2.05, 4.69) is 4.74 Å². The van der Waals surface area contributed by atoms with Crippen molar-refractivity contribution in [1.82, 2.24) is 0 Å². The van der Waals surface area contributed by atoms with E-state index in [0.29, 0.717) is 0 Å². The summed E-state index contributed by atoms with van der Waals surface area (Å²) in [6.45, 7) is -0.429. The Morgan fingerprint density at radius 2 is 2.08 bits per heavy atom. The molecule has 1 aliphatic heterocycles. The van der Waals surface area contributed by atoms with Gasteiger partial charge in [-0.1, -0.05) is 0 Å². The summed E-state index contributed by atoms with van der Waals surface area (Å²) < 4.78 is 4.41. The van der Waals surface area contributed by atoms with E-state index in [-0.39, 0.29) is 0 Å².